The summed E-state index contributed by atoms with van der Waals surface area (Å²) in [5, 5.41) is 11.5. The standard InChI is InChI=1S/C63H52N3O.Pt/c1-63(2,52-23-10-5-11-24-52)53-32-30-46(31-33-53)48-35-36-64-57(42-48)51-40-49(45-19-6-3-7-20-45)39-50(41-51)54-26-16-27-59-61(54)65-62(55-25-14-15-28-60(55)67)66(59)58-34-29-44(37-43-17-12-13-18-43)38-56(58)47-21-8-4-9-22-47;/h3-11,14-16,19-36,38-40,42-43,67H,12-13,17-18,37H2,1-2H3;/q-1;. The molecule has 4 nitrogen and oxygen atoms in total. The molecule has 2 aromatic heterocycles. The third-order valence-electron chi connectivity index (χ3n) is 14.0. The second kappa shape index (κ2) is 19.2. The predicted molar refractivity (Wildman–Crippen MR) is 276 cm³/mol. The smallest absolute Gasteiger partial charge is 0.148 e. The van der Waals surface area contributed by atoms with Crippen LogP contribution in [0.3, 0.4) is 0 Å². The van der Waals surface area contributed by atoms with Crippen LogP contribution in [0.5, 0.6) is 5.75 Å². The number of imidazole rings is 1. The zero-order valence-corrected chi connectivity index (χ0v) is 40.6. The second-order valence-electron chi connectivity index (χ2n) is 18.6. The monoisotopic (exact) mass is 1060 g/mol. The van der Waals surface area contributed by atoms with Crippen molar-refractivity contribution >= 4 is 11.0 Å². The molecule has 0 amide bonds. The number of aromatic nitrogens is 3. The number of benzene rings is 8. The first-order chi connectivity index (χ1) is 32.9. The molecule has 1 N–H and O–H groups in total. The summed E-state index contributed by atoms with van der Waals surface area (Å²) in [6.07, 6.45) is 8.21. The van der Waals surface area contributed by atoms with Crippen molar-refractivity contribution in [1.82, 2.24) is 14.5 Å². The summed E-state index contributed by atoms with van der Waals surface area (Å²) >= 11 is 0. The third kappa shape index (κ3) is 8.78. The zero-order valence-electron chi connectivity index (χ0n) is 38.3. The van der Waals surface area contributed by atoms with Gasteiger partial charge in [0.05, 0.1) is 22.3 Å². The molecule has 1 saturated carbocycles. The molecule has 336 valence electrons. The molecule has 2 heterocycles. The van der Waals surface area contributed by atoms with Crippen molar-refractivity contribution in [3.63, 3.8) is 0 Å². The average molecular weight is 1060 g/mol. The molecule has 68 heavy (non-hydrogen) atoms. The Kier molecular flexibility index (Phi) is 12.6. The topological polar surface area (TPSA) is 50.9 Å². The Labute approximate surface area is 414 Å². The van der Waals surface area contributed by atoms with Crippen molar-refractivity contribution in [1.29, 1.82) is 0 Å². The van der Waals surface area contributed by atoms with Gasteiger partial charge < -0.3 is 5.11 Å². The van der Waals surface area contributed by atoms with E-state index in [4.69, 9.17) is 9.97 Å². The SMILES string of the molecule is CC(C)(c1ccccc1)c1ccc(-c2ccnc(-c3[c-]c(-c4cccc5c4nc(-c4ccccc4O)n5-c4ccc(CC5CCCC5)cc4-c4ccccc4)cc(-c4ccccc4)c3)c2)cc1.[Pt]. The minimum absolute atomic E-state index is 0. The van der Waals surface area contributed by atoms with Crippen LogP contribution in [0, 0.1) is 12.0 Å². The van der Waals surface area contributed by atoms with Gasteiger partial charge in [-0.05, 0) is 87.7 Å². The Morgan fingerprint density at radius 1 is 0.559 bits per heavy atom. The maximum Gasteiger partial charge on any atom is 0.148 e. The van der Waals surface area contributed by atoms with Gasteiger partial charge in [-0.25, -0.2) is 4.98 Å². The fourth-order valence-electron chi connectivity index (χ4n) is 10.2. The van der Waals surface area contributed by atoms with Gasteiger partial charge in [-0.15, -0.1) is 23.8 Å². The molecule has 0 atom stereocenters. The second-order valence-corrected chi connectivity index (χ2v) is 18.6. The summed E-state index contributed by atoms with van der Waals surface area (Å²) in [6.45, 7) is 4.56. The summed E-state index contributed by atoms with van der Waals surface area (Å²) in [5.41, 5.74) is 17.5. The number of phenolic OH excluding ortho intramolecular Hbond substituents is 1. The first-order valence-electron chi connectivity index (χ1n) is 23.6. The first-order valence-corrected chi connectivity index (χ1v) is 23.6. The Bertz CT molecular complexity index is 3350. The first kappa shape index (κ1) is 44.7. The number of hydrogen-bond acceptors (Lipinski definition) is 3. The zero-order chi connectivity index (χ0) is 45.3. The number of aromatic hydroxyl groups is 1. The normalized spacial score (nSPS) is 12.9. The fourth-order valence-corrected chi connectivity index (χ4v) is 10.2. The van der Waals surface area contributed by atoms with E-state index in [2.05, 4.69) is 200 Å². The minimum atomic E-state index is -0.128. The van der Waals surface area contributed by atoms with Gasteiger partial charge in [0.2, 0.25) is 0 Å². The molecule has 11 rings (SSSR count). The molecule has 1 fully saturated rings. The summed E-state index contributed by atoms with van der Waals surface area (Å²) in [7, 11) is 0. The molecule has 0 radical (unpaired) electrons. The van der Waals surface area contributed by atoms with Crippen LogP contribution in [0.15, 0.2) is 206 Å². The number of rotatable bonds is 11. The van der Waals surface area contributed by atoms with E-state index in [1.165, 1.54) is 42.4 Å². The summed E-state index contributed by atoms with van der Waals surface area (Å²) in [6, 6.07) is 74.2. The fraction of sp³-hybridized carbons (Fsp3) is 0.143. The van der Waals surface area contributed by atoms with Crippen LogP contribution >= 0.6 is 0 Å². The number of hydrogen-bond donors (Lipinski definition) is 1. The number of phenols is 1. The van der Waals surface area contributed by atoms with Crippen molar-refractivity contribution in [3.05, 3.63) is 229 Å². The van der Waals surface area contributed by atoms with E-state index < -0.39 is 0 Å². The van der Waals surface area contributed by atoms with Crippen LogP contribution < -0.4 is 0 Å². The summed E-state index contributed by atoms with van der Waals surface area (Å²) in [4.78, 5) is 10.5. The van der Waals surface area contributed by atoms with Gasteiger partial charge in [0.15, 0.2) is 0 Å². The van der Waals surface area contributed by atoms with Crippen molar-refractivity contribution in [3.8, 4) is 78.6 Å². The summed E-state index contributed by atoms with van der Waals surface area (Å²) < 4.78 is 2.24. The molecule has 0 spiro atoms. The van der Waals surface area contributed by atoms with Crippen LogP contribution in [0.2, 0.25) is 0 Å². The Morgan fingerprint density at radius 2 is 1.19 bits per heavy atom. The van der Waals surface area contributed by atoms with E-state index in [9.17, 15) is 5.11 Å². The Balaban J connectivity index is 0.00000539. The van der Waals surface area contributed by atoms with Crippen LogP contribution in [-0.4, -0.2) is 19.6 Å². The van der Waals surface area contributed by atoms with E-state index >= 15 is 0 Å². The number of fused-ring (bicyclic) bond motifs is 1. The van der Waals surface area contributed by atoms with Crippen molar-refractivity contribution < 1.29 is 26.2 Å². The Hall–Kier alpha value is -7.13. The van der Waals surface area contributed by atoms with E-state index in [1.807, 2.05) is 24.4 Å². The number of nitrogens with zero attached hydrogens (tertiary/aromatic N) is 3. The van der Waals surface area contributed by atoms with Gasteiger partial charge in [-0.3, -0.25) is 9.55 Å². The molecule has 1 aliphatic rings. The number of pyridine rings is 1. The van der Waals surface area contributed by atoms with Crippen molar-refractivity contribution in [2.45, 2.75) is 51.4 Å². The average Bonchev–Trinajstić information content (AvgIpc) is 4.05. The van der Waals surface area contributed by atoms with E-state index in [-0.39, 0.29) is 32.2 Å². The molecule has 5 heteroatoms. The van der Waals surface area contributed by atoms with Gasteiger partial charge in [0.25, 0.3) is 0 Å². The largest absolute Gasteiger partial charge is 0.507 e. The third-order valence-corrected chi connectivity index (χ3v) is 14.0. The quantitative estimate of drug-likeness (QED) is 0.131. The molecule has 1 aliphatic carbocycles. The number of para-hydroxylation sites is 2. The van der Waals surface area contributed by atoms with E-state index in [0.717, 1.165) is 84.8 Å². The molecule has 0 bridgehead atoms. The molecule has 10 aromatic rings. The van der Waals surface area contributed by atoms with Crippen molar-refractivity contribution in [2.24, 2.45) is 5.92 Å². The van der Waals surface area contributed by atoms with Gasteiger partial charge in [0.1, 0.15) is 11.6 Å². The molecule has 0 saturated heterocycles. The maximum absolute atomic E-state index is 11.5. The van der Waals surface area contributed by atoms with Gasteiger partial charge >= 0.3 is 0 Å². The maximum atomic E-state index is 11.5. The molecular formula is C63H52N3OPt-. The predicted octanol–water partition coefficient (Wildman–Crippen LogP) is 16.0. The summed E-state index contributed by atoms with van der Waals surface area (Å²) in [5.74, 6) is 1.58. The van der Waals surface area contributed by atoms with E-state index in [1.54, 1.807) is 6.07 Å². The van der Waals surface area contributed by atoms with Crippen LogP contribution in [0.25, 0.3) is 83.9 Å². The Morgan fingerprint density at radius 3 is 1.93 bits per heavy atom. The van der Waals surface area contributed by atoms with Crippen LogP contribution in [-0.2, 0) is 32.9 Å². The molecular weight excluding hydrogens is 1010 g/mol. The minimum Gasteiger partial charge on any atom is -0.507 e. The van der Waals surface area contributed by atoms with Gasteiger partial charge in [-0.2, -0.15) is 0 Å². The molecule has 0 unspecified atom stereocenters. The van der Waals surface area contributed by atoms with Crippen molar-refractivity contribution in [2.75, 3.05) is 0 Å². The van der Waals surface area contributed by atoms with Crippen LogP contribution in [0.1, 0.15) is 56.2 Å². The molecule has 0 aliphatic heterocycles. The van der Waals surface area contributed by atoms with Gasteiger partial charge in [-0.1, -0.05) is 208 Å². The van der Waals surface area contributed by atoms with Crippen LogP contribution in [0.4, 0.5) is 0 Å². The van der Waals surface area contributed by atoms with Gasteiger partial charge in [0, 0.05) is 43.9 Å². The molecule has 8 aromatic carbocycles. The van der Waals surface area contributed by atoms with E-state index in [0.29, 0.717) is 11.4 Å².